The van der Waals surface area contributed by atoms with Gasteiger partial charge in [-0.2, -0.15) is 0 Å². The van der Waals surface area contributed by atoms with Crippen LogP contribution >= 0.6 is 0 Å². The van der Waals surface area contributed by atoms with Crippen LogP contribution in [0.3, 0.4) is 0 Å². The summed E-state index contributed by atoms with van der Waals surface area (Å²) in [5, 5.41) is 9.26. The standard InChI is InChI=1S/C35H49N5O3/c1-29(33-10-4-8-32-7-2-3-9-34(32)33)37-35(41)40(18-6-17-39-21-25-43-26-22-39)28-31-13-11-30(12-14-31)27-36-15-5-16-38-19-23-42-24-20-38/h2-4,7-14,29,36H,5-6,15-28H2,1H3,(H,37,41). The summed E-state index contributed by atoms with van der Waals surface area (Å²) in [5.41, 5.74) is 3.56. The van der Waals surface area contributed by atoms with Crippen LogP contribution in [0.5, 0.6) is 0 Å². The first-order valence-electron chi connectivity index (χ1n) is 16.1. The van der Waals surface area contributed by atoms with Gasteiger partial charge in [0, 0.05) is 52.4 Å². The summed E-state index contributed by atoms with van der Waals surface area (Å²) >= 11 is 0. The number of nitrogens with zero attached hydrogens (tertiary/aromatic N) is 3. The monoisotopic (exact) mass is 587 g/mol. The smallest absolute Gasteiger partial charge is 0.318 e. The van der Waals surface area contributed by atoms with Crippen molar-refractivity contribution in [2.75, 3.05) is 78.8 Å². The zero-order valence-corrected chi connectivity index (χ0v) is 25.8. The molecule has 0 aromatic heterocycles. The SMILES string of the molecule is CC(NC(=O)N(CCCN1CCOCC1)Cc1ccc(CNCCCN2CCOCC2)cc1)c1cccc2ccccc12. The minimum atomic E-state index is -0.1000. The molecular formula is C35H49N5O3. The number of ether oxygens (including phenoxy) is 2. The van der Waals surface area contributed by atoms with Crippen molar-refractivity contribution < 1.29 is 14.3 Å². The Hall–Kier alpha value is -3.01. The van der Waals surface area contributed by atoms with E-state index in [0.29, 0.717) is 13.1 Å². The molecule has 43 heavy (non-hydrogen) atoms. The van der Waals surface area contributed by atoms with Crippen LogP contribution in [0.1, 0.15) is 42.5 Å². The highest BCUT2D eigenvalue weighted by atomic mass is 16.5. The van der Waals surface area contributed by atoms with Crippen LogP contribution in [0, 0.1) is 0 Å². The second-order valence-electron chi connectivity index (χ2n) is 11.8. The molecule has 0 bridgehead atoms. The van der Waals surface area contributed by atoms with Gasteiger partial charge >= 0.3 is 6.03 Å². The molecule has 2 aliphatic heterocycles. The maximum Gasteiger partial charge on any atom is 0.318 e. The Kier molecular flexibility index (Phi) is 12.2. The number of nitrogens with one attached hydrogen (secondary N) is 2. The van der Waals surface area contributed by atoms with Gasteiger partial charge in [-0.1, -0.05) is 66.7 Å². The summed E-state index contributed by atoms with van der Waals surface area (Å²) in [5.74, 6) is 0. The van der Waals surface area contributed by atoms with Crippen molar-refractivity contribution in [1.82, 2.24) is 25.3 Å². The van der Waals surface area contributed by atoms with Gasteiger partial charge in [0.2, 0.25) is 0 Å². The summed E-state index contributed by atoms with van der Waals surface area (Å²) in [4.78, 5) is 20.6. The molecule has 1 unspecified atom stereocenters. The van der Waals surface area contributed by atoms with E-state index in [0.717, 1.165) is 103 Å². The van der Waals surface area contributed by atoms with Crippen LogP contribution in [-0.2, 0) is 22.6 Å². The van der Waals surface area contributed by atoms with Crippen molar-refractivity contribution in [1.29, 1.82) is 0 Å². The zero-order valence-electron chi connectivity index (χ0n) is 25.8. The Balaban J connectivity index is 1.15. The van der Waals surface area contributed by atoms with E-state index < -0.39 is 0 Å². The first-order chi connectivity index (χ1) is 21.2. The fourth-order valence-corrected chi connectivity index (χ4v) is 6.01. The molecular weight excluding hydrogens is 538 g/mol. The van der Waals surface area contributed by atoms with Crippen LogP contribution in [0.2, 0.25) is 0 Å². The lowest BCUT2D eigenvalue weighted by Gasteiger charge is -2.29. The van der Waals surface area contributed by atoms with Crippen molar-refractivity contribution in [3.8, 4) is 0 Å². The van der Waals surface area contributed by atoms with E-state index in [2.05, 4.69) is 94.1 Å². The third-order valence-corrected chi connectivity index (χ3v) is 8.58. The molecule has 2 aliphatic rings. The average Bonchev–Trinajstić information content (AvgIpc) is 3.05. The summed E-state index contributed by atoms with van der Waals surface area (Å²) in [6, 6.07) is 23.3. The number of urea groups is 1. The van der Waals surface area contributed by atoms with Gasteiger partial charge in [-0.05, 0) is 60.3 Å². The molecule has 1 atom stereocenters. The Labute approximate surface area is 257 Å². The van der Waals surface area contributed by atoms with E-state index in [-0.39, 0.29) is 12.1 Å². The minimum Gasteiger partial charge on any atom is -0.379 e. The van der Waals surface area contributed by atoms with Gasteiger partial charge in [-0.25, -0.2) is 4.79 Å². The van der Waals surface area contributed by atoms with Gasteiger partial charge in [0.25, 0.3) is 0 Å². The molecule has 2 saturated heterocycles. The predicted octanol–water partition coefficient (Wildman–Crippen LogP) is 4.65. The Bertz CT molecular complexity index is 1250. The molecule has 2 amide bonds. The Morgan fingerprint density at radius 2 is 1.44 bits per heavy atom. The molecule has 0 spiro atoms. The fourth-order valence-electron chi connectivity index (χ4n) is 6.01. The molecule has 2 heterocycles. The van der Waals surface area contributed by atoms with E-state index in [1.54, 1.807) is 0 Å². The second kappa shape index (κ2) is 16.7. The summed E-state index contributed by atoms with van der Waals surface area (Å²) in [6.45, 7) is 14.7. The molecule has 0 radical (unpaired) electrons. The van der Waals surface area contributed by atoms with Gasteiger partial charge in [-0.3, -0.25) is 9.80 Å². The van der Waals surface area contributed by atoms with Crippen molar-refractivity contribution in [2.45, 2.75) is 38.9 Å². The molecule has 8 heteroatoms. The fraction of sp³-hybridized carbons (Fsp3) is 0.514. The van der Waals surface area contributed by atoms with Crippen LogP contribution in [-0.4, -0.2) is 99.5 Å². The zero-order chi connectivity index (χ0) is 29.7. The van der Waals surface area contributed by atoms with E-state index in [9.17, 15) is 4.79 Å². The first kappa shape index (κ1) is 31.4. The number of amides is 2. The van der Waals surface area contributed by atoms with Crippen LogP contribution < -0.4 is 10.6 Å². The average molecular weight is 588 g/mol. The quantitative estimate of drug-likeness (QED) is 0.268. The molecule has 3 aromatic carbocycles. The lowest BCUT2D eigenvalue weighted by molar-refractivity contribution is 0.0364. The molecule has 0 saturated carbocycles. The molecule has 2 N–H and O–H groups in total. The number of hydrogen-bond donors (Lipinski definition) is 2. The Morgan fingerprint density at radius 3 is 2.16 bits per heavy atom. The number of benzene rings is 3. The first-order valence-corrected chi connectivity index (χ1v) is 16.1. The van der Waals surface area contributed by atoms with Crippen LogP contribution in [0.15, 0.2) is 66.7 Å². The maximum atomic E-state index is 13.7. The van der Waals surface area contributed by atoms with Gasteiger partial charge in [0.15, 0.2) is 0 Å². The van der Waals surface area contributed by atoms with Crippen molar-refractivity contribution >= 4 is 16.8 Å². The number of morpholine rings is 2. The van der Waals surface area contributed by atoms with Crippen molar-refractivity contribution in [3.05, 3.63) is 83.4 Å². The number of hydrogen-bond acceptors (Lipinski definition) is 6. The molecule has 0 aliphatic carbocycles. The highest BCUT2D eigenvalue weighted by molar-refractivity contribution is 5.86. The molecule has 5 rings (SSSR count). The lowest BCUT2D eigenvalue weighted by Crippen LogP contribution is -2.43. The van der Waals surface area contributed by atoms with E-state index in [1.807, 2.05) is 4.90 Å². The van der Waals surface area contributed by atoms with E-state index >= 15 is 0 Å². The third kappa shape index (κ3) is 9.74. The summed E-state index contributed by atoms with van der Waals surface area (Å²) < 4.78 is 10.9. The lowest BCUT2D eigenvalue weighted by atomic mass is 10.00. The summed E-state index contributed by atoms with van der Waals surface area (Å²) in [6.07, 6.45) is 2.08. The normalized spacial score (nSPS) is 17.1. The van der Waals surface area contributed by atoms with E-state index in [1.165, 1.54) is 16.3 Å². The number of fused-ring (bicyclic) bond motifs is 1. The van der Waals surface area contributed by atoms with Crippen LogP contribution in [0.25, 0.3) is 10.8 Å². The summed E-state index contributed by atoms with van der Waals surface area (Å²) in [7, 11) is 0. The molecule has 232 valence electrons. The van der Waals surface area contributed by atoms with Gasteiger partial charge in [0.1, 0.15) is 0 Å². The third-order valence-electron chi connectivity index (χ3n) is 8.58. The maximum absolute atomic E-state index is 13.7. The van der Waals surface area contributed by atoms with Crippen molar-refractivity contribution in [2.24, 2.45) is 0 Å². The molecule has 2 fully saturated rings. The minimum absolute atomic E-state index is 0.0200. The Morgan fingerprint density at radius 1 is 0.814 bits per heavy atom. The van der Waals surface area contributed by atoms with Crippen LogP contribution in [0.4, 0.5) is 4.79 Å². The van der Waals surface area contributed by atoms with Gasteiger partial charge in [-0.15, -0.1) is 0 Å². The number of carbonyl (C=O) groups is 1. The predicted molar refractivity (Wildman–Crippen MR) is 173 cm³/mol. The highest BCUT2D eigenvalue weighted by Crippen LogP contribution is 2.24. The van der Waals surface area contributed by atoms with Gasteiger partial charge < -0.3 is 25.0 Å². The highest BCUT2D eigenvalue weighted by Gasteiger charge is 2.19. The van der Waals surface area contributed by atoms with Crippen molar-refractivity contribution in [3.63, 3.8) is 0 Å². The topological polar surface area (TPSA) is 69.3 Å². The second-order valence-corrected chi connectivity index (χ2v) is 11.8. The molecule has 3 aromatic rings. The molecule has 8 nitrogen and oxygen atoms in total. The van der Waals surface area contributed by atoms with E-state index in [4.69, 9.17) is 9.47 Å². The van der Waals surface area contributed by atoms with Gasteiger partial charge in [0.05, 0.1) is 32.5 Å². The largest absolute Gasteiger partial charge is 0.379 e. The number of carbonyl (C=O) groups excluding carboxylic acids is 1. The number of rotatable bonds is 14.